The van der Waals surface area contributed by atoms with Crippen molar-refractivity contribution in [2.24, 2.45) is 0 Å². The molecule has 1 heterocycles. The van der Waals surface area contributed by atoms with Gasteiger partial charge in [-0.05, 0) is 25.0 Å². The molecule has 1 aliphatic heterocycles. The van der Waals surface area contributed by atoms with Crippen molar-refractivity contribution in [3.63, 3.8) is 0 Å². The molecule has 1 N–H and O–H groups in total. The first kappa shape index (κ1) is 13.2. The fraction of sp³-hybridized carbons (Fsp3) is 0.538. The van der Waals surface area contributed by atoms with E-state index < -0.39 is 11.6 Å². The predicted molar refractivity (Wildman–Crippen MR) is 63.7 cm³/mol. The summed E-state index contributed by atoms with van der Waals surface area (Å²) in [6, 6.07) is 4.36. The Bertz CT molecular complexity index is 381. The highest BCUT2D eigenvalue weighted by atomic mass is 19.2. The van der Waals surface area contributed by atoms with Crippen LogP contribution < -0.4 is 10.1 Å². The largest absolute Gasteiger partial charge is 0.489 e. The third-order valence-electron chi connectivity index (χ3n) is 2.93. The van der Waals surface area contributed by atoms with E-state index in [9.17, 15) is 8.78 Å². The quantitative estimate of drug-likeness (QED) is 0.820. The third kappa shape index (κ3) is 3.65. The van der Waals surface area contributed by atoms with Crippen LogP contribution in [-0.2, 0) is 4.74 Å². The molecule has 0 unspecified atom stereocenters. The minimum atomic E-state index is -0.927. The van der Waals surface area contributed by atoms with Crippen LogP contribution in [0.25, 0.3) is 0 Å². The molecule has 1 aromatic carbocycles. The maximum absolute atomic E-state index is 13.2. The first-order valence-corrected chi connectivity index (χ1v) is 6.15. The molecule has 1 aliphatic rings. The SMILES string of the molecule is Fc1cccc(OCCNC2CCOCC2)c1F. The molecule has 0 aliphatic carbocycles. The Morgan fingerprint density at radius 3 is 2.83 bits per heavy atom. The van der Waals surface area contributed by atoms with Gasteiger partial charge in [0.15, 0.2) is 11.6 Å². The van der Waals surface area contributed by atoms with E-state index >= 15 is 0 Å². The molecule has 0 saturated carbocycles. The van der Waals surface area contributed by atoms with Crippen LogP contribution in [0.2, 0.25) is 0 Å². The fourth-order valence-corrected chi connectivity index (χ4v) is 1.92. The first-order valence-electron chi connectivity index (χ1n) is 6.15. The van der Waals surface area contributed by atoms with E-state index in [0.717, 1.165) is 32.1 Å². The molecule has 0 aromatic heterocycles. The summed E-state index contributed by atoms with van der Waals surface area (Å²) in [5, 5.41) is 3.30. The standard InChI is InChI=1S/C13H17F2NO2/c14-11-2-1-3-12(13(11)15)18-9-6-16-10-4-7-17-8-5-10/h1-3,10,16H,4-9H2. The van der Waals surface area contributed by atoms with Crippen molar-refractivity contribution in [1.29, 1.82) is 0 Å². The minimum absolute atomic E-state index is 0.0382. The van der Waals surface area contributed by atoms with Crippen LogP contribution in [0.5, 0.6) is 5.75 Å². The van der Waals surface area contributed by atoms with Gasteiger partial charge in [-0.15, -0.1) is 0 Å². The van der Waals surface area contributed by atoms with Crippen LogP contribution in [0.4, 0.5) is 8.78 Å². The Balaban J connectivity index is 1.70. The summed E-state index contributed by atoms with van der Waals surface area (Å²) < 4.78 is 36.6. The lowest BCUT2D eigenvalue weighted by molar-refractivity contribution is 0.0770. The molecule has 5 heteroatoms. The van der Waals surface area contributed by atoms with E-state index in [2.05, 4.69) is 5.32 Å². The average molecular weight is 257 g/mol. The Morgan fingerprint density at radius 1 is 1.28 bits per heavy atom. The van der Waals surface area contributed by atoms with Gasteiger partial charge in [-0.3, -0.25) is 0 Å². The van der Waals surface area contributed by atoms with Gasteiger partial charge in [0.2, 0.25) is 5.82 Å². The molecule has 18 heavy (non-hydrogen) atoms. The van der Waals surface area contributed by atoms with Crippen LogP contribution in [-0.4, -0.2) is 32.4 Å². The van der Waals surface area contributed by atoms with Gasteiger partial charge in [0.1, 0.15) is 6.61 Å². The van der Waals surface area contributed by atoms with Crippen LogP contribution >= 0.6 is 0 Å². The van der Waals surface area contributed by atoms with E-state index in [1.165, 1.54) is 12.1 Å². The summed E-state index contributed by atoms with van der Waals surface area (Å²) in [4.78, 5) is 0. The highest BCUT2D eigenvalue weighted by Crippen LogP contribution is 2.18. The fourth-order valence-electron chi connectivity index (χ4n) is 1.92. The summed E-state index contributed by atoms with van der Waals surface area (Å²) in [5.41, 5.74) is 0. The van der Waals surface area contributed by atoms with Crippen molar-refractivity contribution in [2.45, 2.75) is 18.9 Å². The lowest BCUT2D eigenvalue weighted by Gasteiger charge is -2.23. The Hall–Kier alpha value is -1.20. The summed E-state index contributed by atoms with van der Waals surface area (Å²) in [6.07, 6.45) is 1.96. The van der Waals surface area contributed by atoms with Gasteiger partial charge in [0.25, 0.3) is 0 Å². The molecule has 0 bridgehead atoms. The van der Waals surface area contributed by atoms with Crippen molar-refractivity contribution in [3.05, 3.63) is 29.8 Å². The molecule has 0 amide bonds. The molecule has 3 nitrogen and oxygen atoms in total. The smallest absolute Gasteiger partial charge is 0.200 e. The zero-order chi connectivity index (χ0) is 12.8. The van der Waals surface area contributed by atoms with Crippen LogP contribution in [0.3, 0.4) is 0 Å². The number of nitrogens with one attached hydrogen (secondary N) is 1. The lowest BCUT2D eigenvalue weighted by atomic mass is 10.1. The molecule has 1 saturated heterocycles. The summed E-state index contributed by atoms with van der Waals surface area (Å²) in [7, 11) is 0. The minimum Gasteiger partial charge on any atom is -0.489 e. The van der Waals surface area contributed by atoms with E-state index in [0.29, 0.717) is 19.2 Å². The maximum atomic E-state index is 13.2. The van der Waals surface area contributed by atoms with E-state index in [1.807, 2.05) is 0 Å². The summed E-state index contributed by atoms with van der Waals surface area (Å²) in [6.45, 7) is 2.48. The molecular formula is C13H17F2NO2. The zero-order valence-corrected chi connectivity index (χ0v) is 10.1. The van der Waals surface area contributed by atoms with Gasteiger partial charge in [-0.25, -0.2) is 4.39 Å². The van der Waals surface area contributed by atoms with E-state index in [4.69, 9.17) is 9.47 Å². The Labute approximate surface area is 105 Å². The maximum Gasteiger partial charge on any atom is 0.200 e. The van der Waals surface area contributed by atoms with Gasteiger partial charge >= 0.3 is 0 Å². The van der Waals surface area contributed by atoms with Crippen molar-refractivity contribution in [1.82, 2.24) is 5.32 Å². The van der Waals surface area contributed by atoms with Crippen molar-refractivity contribution >= 4 is 0 Å². The first-order chi connectivity index (χ1) is 8.77. The predicted octanol–water partition coefficient (Wildman–Crippen LogP) is 2.11. The normalized spacial score (nSPS) is 16.8. The van der Waals surface area contributed by atoms with Gasteiger partial charge in [-0.2, -0.15) is 4.39 Å². The third-order valence-corrected chi connectivity index (χ3v) is 2.93. The highest BCUT2D eigenvalue weighted by molar-refractivity contribution is 5.24. The van der Waals surface area contributed by atoms with Crippen molar-refractivity contribution in [2.75, 3.05) is 26.4 Å². The van der Waals surface area contributed by atoms with Crippen molar-refractivity contribution in [3.8, 4) is 5.75 Å². The number of hydrogen-bond donors (Lipinski definition) is 1. The average Bonchev–Trinajstić information content (AvgIpc) is 2.40. The van der Waals surface area contributed by atoms with Crippen LogP contribution in [0.1, 0.15) is 12.8 Å². The Morgan fingerprint density at radius 2 is 2.06 bits per heavy atom. The number of rotatable bonds is 5. The molecule has 0 spiro atoms. The molecule has 0 atom stereocenters. The van der Waals surface area contributed by atoms with Gasteiger partial charge < -0.3 is 14.8 Å². The highest BCUT2D eigenvalue weighted by Gasteiger charge is 2.13. The molecule has 1 fully saturated rings. The van der Waals surface area contributed by atoms with Crippen LogP contribution in [0, 0.1) is 11.6 Å². The second kappa shape index (κ2) is 6.66. The van der Waals surface area contributed by atoms with Gasteiger partial charge in [-0.1, -0.05) is 6.07 Å². The monoisotopic (exact) mass is 257 g/mol. The summed E-state index contributed by atoms with van der Waals surface area (Å²) in [5.74, 6) is -1.85. The van der Waals surface area contributed by atoms with Crippen molar-refractivity contribution < 1.29 is 18.3 Å². The van der Waals surface area contributed by atoms with Gasteiger partial charge in [0.05, 0.1) is 0 Å². The Kier molecular flexibility index (Phi) is 4.90. The number of ether oxygens (including phenoxy) is 2. The van der Waals surface area contributed by atoms with E-state index in [1.54, 1.807) is 0 Å². The molecular weight excluding hydrogens is 240 g/mol. The molecule has 1 aromatic rings. The van der Waals surface area contributed by atoms with E-state index in [-0.39, 0.29) is 5.75 Å². The molecule has 2 rings (SSSR count). The number of benzene rings is 1. The lowest BCUT2D eigenvalue weighted by Crippen LogP contribution is -2.37. The molecule has 0 radical (unpaired) electrons. The second-order valence-electron chi connectivity index (χ2n) is 4.24. The second-order valence-corrected chi connectivity index (χ2v) is 4.24. The zero-order valence-electron chi connectivity index (χ0n) is 10.1. The number of hydrogen-bond acceptors (Lipinski definition) is 3. The van der Waals surface area contributed by atoms with Gasteiger partial charge in [0, 0.05) is 25.8 Å². The summed E-state index contributed by atoms with van der Waals surface area (Å²) >= 11 is 0. The number of halogens is 2. The topological polar surface area (TPSA) is 30.5 Å². The molecule has 100 valence electrons. The van der Waals surface area contributed by atoms with Crippen LogP contribution in [0.15, 0.2) is 18.2 Å².